The molecule has 0 saturated carbocycles. The zero-order chi connectivity index (χ0) is 12.3. The van der Waals surface area contributed by atoms with E-state index in [1.807, 2.05) is 30.9 Å². The van der Waals surface area contributed by atoms with Crippen molar-refractivity contribution < 1.29 is 4.52 Å². The van der Waals surface area contributed by atoms with Crippen molar-refractivity contribution in [3.8, 4) is 0 Å². The molecule has 0 fully saturated rings. The normalized spacial score (nSPS) is 10.8. The molecule has 0 unspecified atom stereocenters. The van der Waals surface area contributed by atoms with Gasteiger partial charge < -0.3 is 9.84 Å². The Kier molecular flexibility index (Phi) is 3.46. The van der Waals surface area contributed by atoms with E-state index in [-0.39, 0.29) is 0 Å². The number of hydrogen-bond acceptors (Lipinski definition) is 4. The van der Waals surface area contributed by atoms with Crippen LogP contribution in [0, 0.1) is 13.8 Å². The minimum Gasteiger partial charge on any atom is -0.378 e. The monoisotopic (exact) mass is 234 g/mol. The number of nitrogens with zero attached hydrogens (tertiary/aromatic N) is 3. The van der Waals surface area contributed by atoms with Crippen LogP contribution < -0.4 is 5.32 Å². The summed E-state index contributed by atoms with van der Waals surface area (Å²) in [5.41, 5.74) is 3.09. The Bertz CT molecular complexity index is 467. The van der Waals surface area contributed by atoms with Crippen LogP contribution in [-0.4, -0.2) is 14.9 Å². The quantitative estimate of drug-likeness (QED) is 0.863. The number of hydrogen-bond donors (Lipinski definition) is 1. The lowest BCUT2D eigenvalue weighted by Gasteiger charge is -2.02. The van der Waals surface area contributed by atoms with Crippen LogP contribution in [0.3, 0.4) is 0 Å². The SMILES string of the molecule is CCCn1cc(NCc2c(C)noc2C)cn1. The third kappa shape index (κ3) is 2.67. The van der Waals surface area contributed by atoms with Crippen molar-refractivity contribution in [2.75, 3.05) is 5.32 Å². The Balaban J connectivity index is 1.97. The predicted octanol–water partition coefficient (Wildman–Crippen LogP) is 2.51. The van der Waals surface area contributed by atoms with Crippen molar-refractivity contribution in [2.45, 2.75) is 40.3 Å². The van der Waals surface area contributed by atoms with Gasteiger partial charge in [0.15, 0.2) is 0 Å². The van der Waals surface area contributed by atoms with Gasteiger partial charge in [-0.05, 0) is 20.3 Å². The Morgan fingerprint density at radius 3 is 2.88 bits per heavy atom. The Morgan fingerprint density at radius 1 is 1.41 bits per heavy atom. The van der Waals surface area contributed by atoms with Crippen LogP contribution in [0.4, 0.5) is 5.69 Å². The number of aromatic nitrogens is 3. The van der Waals surface area contributed by atoms with Crippen LogP contribution in [-0.2, 0) is 13.1 Å². The number of rotatable bonds is 5. The van der Waals surface area contributed by atoms with Gasteiger partial charge in [-0.25, -0.2) is 0 Å². The van der Waals surface area contributed by atoms with E-state index in [0.717, 1.165) is 42.2 Å². The van der Waals surface area contributed by atoms with Crippen LogP contribution >= 0.6 is 0 Å². The van der Waals surface area contributed by atoms with Crippen LogP contribution in [0.1, 0.15) is 30.4 Å². The van der Waals surface area contributed by atoms with Gasteiger partial charge in [-0.15, -0.1) is 0 Å². The van der Waals surface area contributed by atoms with Gasteiger partial charge in [-0.2, -0.15) is 5.10 Å². The van der Waals surface area contributed by atoms with Gasteiger partial charge in [0.2, 0.25) is 0 Å². The molecule has 0 aliphatic heterocycles. The molecule has 92 valence electrons. The summed E-state index contributed by atoms with van der Waals surface area (Å²) in [4.78, 5) is 0. The summed E-state index contributed by atoms with van der Waals surface area (Å²) in [6.45, 7) is 7.69. The maximum atomic E-state index is 5.12. The Labute approximate surface area is 101 Å². The fraction of sp³-hybridized carbons (Fsp3) is 0.500. The molecule has 5 heteroatoms. The van der Waals surface area contributed by atoms with Crippen molar-refractivity contribution in [3.05, 3.63) is 29.4 Å². The molecule has 0 aliphatic carbocycles. The highest BCUT2D eigenvalue weighted by atomic mass is 16.5. The first kappa shape index (κ1) is 11.7. The minimum absolute atomic E-state index is 0.721. The fourth-order valence-corrected chi connectivity index (χ4v) is 1.75. The number of aryl methyl sites for hydroxylation is 3. The summed E-state index contributed by atoms with van der Waals surface area (Å²) in [5.74, 6) is 0.871. The highest BCUT2D eigenvalue weighted by molar-refractivity contribution is 5.40. The van der Waals surface area contributed by atoms with E-state index in [0.29, 0.717) is 0 Å². The lowest BCUT2D eigenvalue weighted by atomic mass is 10.2. The molecule has 2 rings (SSSR count). The van der Waals surface area contributed by atoms with E-state index in [9.17, 15) is 0 Å². The largest absolute Gasteiger partial charge is 0.378 e. The molecule has 0 aromatic carbocycles. The van der Waals surface area contributed by atoms with Gasteiger partial charge in [0, 0.05) is 24.8 Å². The average molecular weight is 234 g/mol. The maximum absolute atomic E-state index is 5.12. The zero-order valence-electron chi connectivity index (χ0n) is 10.5. The molecule has 0 bridgehead atoms. The van der Waals surface area contributed by atoms with Gasteiger partial charge in [0.25, 0.3) is 0 Å². The highest BCUT2D eigenvalue weighted by Gasteiger charge is 2.08. The summed E-state index contributed by atoms with van der Waals surface area (Å²) >= 11 is 0. The average Bonchev–Trinajstić information content (AvgIpc) is 2.86. The first-order valence-electron chi connectivity index (χ1n) is 5.88. The lowest BCUT2D eigenvalue weighted by Crippen LogP contribution is -2.01. The third-order valence-corrected chi connectivity index (χ3v) is 2.74. The van der Waals surface area contributed by atoms with Crippen LogP contribution in [0.25, 0.3) is 0 Å². The highest BCUT2D eigenvalue weighted by Crippen LogP contribution is 2.14. The molecule has 0 aliphatic rings. The predicted molar refractivity (Wildman–Crippen MR) is 65.8 cm³/mol. The third-order valence-electron chi connectivity index (χ3n) is 2.74. The molecule has 17 heavy (non-hydrogen) atoms. The Morgan fingerprint density at radius 2 is 2.24 bits per heavy atom. The van der Waals surface area contributed by atoms with E-state index in [4.69, 9.17) is 4.52 Å². The van der Waals surface area contributed by atoms with E-state index in [1.54, 1.807) is 0 Å². The van der Waals surface area contributed by atoms with Crippen LogP contribution in [0.5, 0.6) is 0 Å². The van der Waals surface area contributed by atoms with E-state index < -0.39 is 0 Å². The summed E-state index contributed by atoms with van der Waals surface area (Å²) in [6.07, 6.45) is 4.94. The molecular formula is C12H18N4O. The van der Waals surface area contributed by atoms with Crippen molar-refractivity contribution in [2.24, 2.45) is 0 Å². The van der Waals surface area contributed by atoms with Gasteiger partial charge in [0.05, 0.1) is 17.6 Å². The summed E-state index contributed by atoms with van der Waals surface area (Å²) in [6, 6.07) is 0. The number of nitrogens with one attached hydrogen (secondary N) is 1. The number of anilines is 1. The standard InChI is InChI=1S/C12H18N4O/c1-4-5-16-8-11(6-14-16)13-7-12-9(2)15-17-10(12)3/h6,8,13H,4-5,7H2,1-3H3. The molecule has 2 aromatic heterocycles. The van der Waals surface area contributed by atoms with E-state index in [1.165, 1.54) is 0 Å². The van der Waals surface area contributed by atoms with E-state index in [2.05, 4.69) is 22.5 Å². The molecular weight excluding hydrogens is 216 g/mol. The molecule has 0 amide bonds. The first-order chi connectivity index (χ1) is 8.20. The van der Waals surface area contributed by atoms with Gasteiger partial charge in [-0.3, -0.25) is 4.68 Å². The summed E-state index contributed by atoms with van der Waals surface area (Å²) < 4.78 is 7.06. The first-order valence-corrected chi connectivity index (χ1v) is 5.88. The maximum Gasteiger partial charge on any atom is 0.138 e. The smallest absolute Gasteiger partial charge is 0.138 e. The van der Waals surface area contributed by atoms with E-state index >= 15 is 0 Å². The van der Waals surface area contributed by atoms with Crippen LogP contribution in [0.2, 0.25) is 0 Å². The molecule has 5 nitrogen and oxygen atoms in total. The molecule has 1 N–H and O–H groups in total. The zero-order valence-corrected chi connectivity index (χ0v) is 10.5. The topological polar surface area (TPSA) is 55.9 Å². The molecule has 2 heterocycles. The van der Waals surface area contributed by atoms with Crippen LogP contribution in [0.15, 0.2) is 16.9 Å². The second kappa shape index (κ2) is 5.03. The minimum atomic E-state index is 0.721. The summed E-state index contributed by atoms with van der Waals surface area (Å²) in [7, 11) is 0. The van der Waals surface area contributed by atoms with Gasteiger partial charge in [0.1, 0.15) is 5.76 Å². The molecule has 0 saturated heterocycles. The molecule has 0 spiro atoms. The van der Waals surface area contributed by atoms with Gasteiger partial charge in [-0.1, -0.05) is 12.1 Å². The van der Waals surface area contributed by atoms with Gasteiger partial charge >= 0.3 is 0 Å². The molecule has 2 aromatic rings. The summed E-state index contributed by atoms with van der Waals surface area (Å²) in [5, 5.41) is 11.5. The Hall–Kier alpha value is -1.78. The van der Waals surface area contributed by atoms with Crippen molar-refractivity contribution in [1.29, 1.82) is 0 Å². The fourth-order valence-electron chi connectivity index (χ4n) is 1.75. The van der Waals surface area contributed by atoms with Crippen molar-refractivity contribution in [1.82, 2.24) is 14.9 Å². The van der Waals surface area contributed by atoms with Crippen molar-refractivity contribution >= 4 is 5.69 Å². The second-order valence-electron chi connectivity index (χ2n) is 4.15. The second-order valence-corrected chi connectivity index (χ2v) is 4.15. The lowest BCUT2D eigenvalue weighted by molar-refractivity contribution is 0.392. The molecule has 0 radical (unpaired) electrons. The van der Waals surface area contributed by atoms with Crippen molar-refractivity contribution in [3.63, 3.8) is 0 Å². The molecule has 0 atom stereocenters.